The fourth-order valence-corrected chi connectivity index (χ4v) is 3.31. The number of nitrogens with one attached hydrogen (secondary N) is 1. The van der Waals surface area contributed by atoms with E-state index in [1.807, 2.05) is 0 Å². The molecule has 1 aromatic rings. The summed E-state index contributed by atoms with van der Waals surface area (Å²) in [6, 6.07) is 11.4. The molecule has 0 saturated carbocycles. The van der Waals surface area contributed by atoms with Crippen molar-refractivity contribution >= 4 is 0 Å². The largest absolute Gasteiger partial charge is 0.380 e. The van der Waals surface area contributed by atoms with Crippen molar-refractivity contribution < 1.29 is 4.74 Å². The van der Waals surface area contributed by atoms with Crippen molar-refractivity contribution in [1.29, 1.82) is 0 Å². The van der Waals surface area contributed by atoms with Gasteiger partial charge < -0.3 is 10.1 Å². The highest BCUT2D eigenvalue weighted by Crippen LogP contribution is 2.26. The summed E-state index contributed by atoms with van der Waals surface area (Å²) in [5.74, 6) is 0. The lowest BCUT2D eigenvalue weighted by Gasteiger charge is -2.36. The van der Waals surface area contributed by atoms with Gasteiger partial charge in [0.15, 0.2) is 0 Å². The summed E-state index contributed by atoms with van der Waals surface area (Å²) >= 11 is 0. The van der Waals surface area contributed by atoms with Gasteiger partial charge in [-0.25, -0.2) is 0 Å². The minimum absolute atomic E-state index is 0.0559. The second kappa shape index (κ2) is 5.61. The van der Waals surface area contributed by atoms with Crippen LogP contribution in [-0.4, -0.2) is 43.8 Å². The summed E-state index contributed by atoms with van der Waals surface area (Å²) < 4.78 is 5.56. The fourth-order valence-electron chi connectivity index (χ4n) is 3.31. The normalized spacial score (nSPS) is 33.2. The lowest BCUT2D eigenvalue weighted by Crippen LogP contribution is -2.49. The minimum atomic E-state index is 0.0559. The van der Waals surface area contributed by atoms with Crippen LogP contribution >= 0.6 is 0 Å². The second-order valence-corrected chi connectivity index (χ2v) is 5.97. The zero-order valence-electron chi connectivity index (χ0n) is 11.8. The Labute approximate surface area is 115 Å². The zero-order valence-corrected chi connectivity index (χ0v) is 11.8. The van der Waals surface area contributed by atoms with Crippen LogP contribution in [0.25, 0.3) is 0 Å². The average Bonchev–Trinajstić information content (AvgIpc) is 2.90. The Bertz CT molecular complexity index is 402. The van der Waals surface area contributed by atoms with Gasteiger partial charge in [0.25, 0.3) is 0 Å². The first-order valence-corrected chi connectivity index (χ1v) is 7.40. The molecule has 0 spiro atoms. The molecule has 2 atom stereocenters. The molecule has 19 heavy (non-hydrogen) atoms. The lowest BCUT2D eigenvalue weighted by atomic mass is 9.91. The molecular weight excluding hydrogens is 236 g/mol. The van der Waals surface area contributed by atoms with E-state index in [0.29, 0.717) is 6.04 Å². The third kappa shape index (κ3) is 2.83. The van der Waals surface area contributed by atoms with Crippen LogP contribution in [0.5, 0.6) is 0 Å². The van der Waals surface area contributed by atoms with Gasteiger partial charge in [-0.3, -0.25) is 4.90 Å². The second-order valence-electron chi connectivity index (χ2n) is 5.97. The molecule has 0 radical (unpaired) electrons. The van der Waals surface area contributed by atoms with Gasteiger partial charge in [-0.05, 0) is 38.4 Å². The van der Waals surface area contributed by atoms with Crippen LogP contribution in [0.3, 0.4) is 0 Å². The third-order valence-corrected chi connectivity index (χ3v) is 4.49. The summed E-state index contributed by atoms with van der Waals surface area (Å²) in [7, 11) is 0. The molecule has 0 amide bonds. The van der Waals surface area contributed by atoms with Crippen LogP contribution in [0.2, 0.25) is 0 Å². The molecule has 3 nitrogen and oxygen atoms in total. The van der Waals surface area contributed by atoms with E-state index >= 15 is 0 Å². The highest BCUT2D eigenvalue weighted by molar-refractivity contribution is 5.24. The van der Waals surface area contributed by atoms with Gasteiger partial charge in [-0.2, -0.15) is 0 Å². The molecule has 2 unspecified atom stereocenters. The molecule has 1 aromatic carbocycles. The topological polar surface area (TPSA) is 24.5 Å². The Kier molecular flexibility index (Phi) is 3.87. The van der Waals surface area contributed by atoms with Gasteiger partial charge in [-0.15, -0.1) is 0 Å². The Morgan fingerprint density at radius 1 is 1.32 bits per heavy atom. The minimum Gasteiger partial charge on any atom is -0.380 e. The molecule has 2 aliphatic rings. The monoisotopic (exact) mass is 260 g/mol. The van der Waals surface area contributed by atoms with Crippen LogP contribution < -0.4 is 5.32 Å². The Hall–Kier alpha value is -0.900. The Morgan fingerprint density at radius 2 is 2.16 bits per heavy atom. The SMILES string of the molecule is CC1(c2ccccc2)CN(C2CCOC2)CCCN1. The average molecular weight is 260 g/mol. The van der Waals surface area contributed by atoms with Gasteiger partial charge in [0.2, 0.25) is 0 Å². The van der Waals surface area contributed by atoms with E-state index in [-0.39, 0.29) is 5.54 Å². The van der Waals surface area contributed by atoms with Crippen molar-refractivity contribution in [2.45, 2.75) is 31.3 Å². The summed E-state index contributed by atoms with van der Waals surface area (Å²) in [5, 5.41) is 3.75. The summed E-state index contributed by atoms with van der Waals surface area (Å²) in [5.41, 5.74) is 1.45. The maximum absolute atomic E-state index is 5.56. The molecule has 3 rings (SSSR count). The molecule has 2 aliphatic heterocycles. The molecule has 2 saturated heterocycles. The number of rotatable bonds is 2. The number of hydrogen-bond donors (Lipinski definition) is 1. The first kappa shape index (κ1) is 13.1. The highest BCUT2D eigenvalue weighted by atomic mass is 16.5. The molecule has 0 aromatic heterocycles. The number of hydrogen-bond acceptors (Lipinski definition) is 3. The van der Waals surface area contributed by atoms with Crippen molar-refractivity contribution in [1.82, 2.24) is 10.2 Å². The van der Waals surface area contributed by atoms with Crippen LogP contribution in [0, 0.1) is 0 Å². The molecule has 104 valence electrons. The van der Waals surface area contributed by atoms with E-state index in [9.17, 15) is 0 Å². The van der Waals surface area contributed by atoms with E-state index in [1.165, 1.54) is 24.9 Å². The molecule has 1 N–H and O–H groups in total. The van der Waals surface area contributed by atoms with E-state index in [2.05, 4.69) is 47.5 Å². The van der Waals surface area contributed by atoms with Crippen LogP contribution in [0.1, 0.15) is 25.3 Å². The van der Waals surface area contributed by atoms with Gasteiger partial charge in [0.05, 0.1) is 12.1 Å². The molecule has 2 heterocycles. The van der Waals surface area contributed by atoms with E-state index < -0.39 is 0 Å². The first-order valence-electron chi connectivity index (χ1n) is 7.40. The van der Waals surface area contributed by atoms with Crippen molar-refractivity contribution in [3.63, 3.8) is 0 Å². The third-order valence-electron chi connectivity index (χ3n) is 4.49. The van der Waals surface area contributed by atoms with Crippen molar-refractivity contribution in [3.05, 3.63) is 35.9 Å². The lowest BCUT2D eigenvalue weighted by molar-refractivity contribution is 0.128. The molecular formula is C16H24N2O. The predicted molar refractivity (Wildman–Crippen MR) is 77.2 cm³/mol. The van der Waals surface area contributed by atoms with Crippen molar-refractivity contribution in [3.8, 4) is 0 Å². The zero-order chi connectivity index (χ0) is 13.1. The van der Waals surface area contributed by atoms with Crippen LogP contribution in [0.15, 0.2) is 30.3 Å². The Balaban J connectivity index is 1.80. The van der Waals surface area contributed by atoms with Gasteiger partial charge in [0.1, 0.15) is 0 Å². The number of benzene rings is 1. The van der Waals surface area contributed by atoms with Crippen molar-refractivity contribution in [2.75, 3.05) is 32.8 Å². The fraction of sp³-hybridized carbons (Fsp3) is 0.625. The Morgan fingerprint density at radius 3 is 2.89 bits per heavy atom. The highest BCUT2D eigenvalue weighted by Gasteiger charge is 2.34. The standard InChI is InChI=1S/C16H24N2O/c1-16(14-6-3-2-4-7-14)13-18(10-5-9-17-16)15-8-11-19-12-15/h2-4,6-7,15,17H,5,8-13H2,1H3. The van der Waals surface area contributed by atoms with Gasteiger partial charge >= 0.3 is 0 Å². The van der Waals surface area contributed by atoms with Gasteiger partial charge in [0, 0.05) is 19.2 Å². The predicted octanol–water partition coefficient (Wildman–Crippen LogP) is 1.99. The quantitative estimate of drug-likeness (QED) is 0.880. The maximum atomic E-state index is 5.56. The van der Waals surface area contributed by atoms with E-state index in [1.54, 1.807) is 0 Å². The summed E-state index contributed by atoms with van der Waals surface area (Å²) in [4.78, 5) is 2.62. The van der Waals surface area contributed by atoms with Gasteiger partial charge in [-0.1, -0.05) is 30.3 Å². The van der Waals surface area contributed by atoms with E-state index in [0.717, 1.165) is 26.3 Å². The molecule has 2 fully saturated rings. The molecule has 0 bridgehead atoms. The summed E-state index contributed by atoms with van der Waals surface area (Å²) in [6.45, 7) is 7.52. The van der Waals surface area contributed by atoms with E-state index in [4.69, 9.17) is 4.74 Å². The van der Waals surface area contributed by atoms with Crippen LogP contribution in [-0.2, 0) is 10.3 Å². The first-order chi connectivity index (χ1) is 9.28. The molecule has 0 aliphatic carbocycles. The van der Waals surface area contributed by atoms with Crippen LogP contribution in [0.4, 0.5) is 0 Å². The summed E-state index contributed by atoms with van der Waals surface area (Å²) in [6.07, 6.45) is 2.41. The maximum Gasteiger partial charge on any atom is 0.0622 e. The number of ether oxygens (including phenoxy) is 1. The number of nitrogens with zero attached hydrogens (tertiary/aromatic N) is 1. The van der Waals surface area contributed by atoms with Crippen molar-refractivity contribution in [2.24, 2.45) is 0 Å². The smallest absolute Gasteiger partial charge is 0.0622 e. The molecule has 3 heteroatoms.